The molecule has 13 rings (SSSR count). The van der Waals surface area contributed by atoms with E-state index in [-0.39, 0.29) is 122 Å². The number of hydrogen-bond donors (Lipinski definition) is 1. The van der Waals surface area contributed by atoms with Crippen molar-refractivity contribution in [3.8, 4) is 23.0 Å². The van der Waals surface area contributed by atoms with Gasteiger partial charge in [0.2, 0.25) is 10.9 Å². The predicted molar refractivity (Wildman–Crippen MR) is 289 cm³/mol. The van der Waals surface area contributed by atoms with Crippen LogP contribution in [0.2, 0.25) is 0 Å². The summed E-state index contributed by atoms with van der Waals surface area (Å²) < 4.78 is 81.9. The number of benzene rings is 5. The van der Waals surface area contributed by atoms with Crippen LogP contribution in [0.3, 0.4) is 0 Å². The molecular formula is C59H48ClF4LiN6O8S2. The number of carbonyl (C=O) groups excluding carboxylic acids is 2. The molecule has 0 radical (unpaired) electrons. The molecule has 7 aromatic rings. The molecule has 410 valence electrons. The van der Waals surface area contributed by atoms with Crippen molar-refractivity contribution < 1.29 is 77.7 Å². The Labute approximate surface area is 488 Å². The molecule has 8 heterocycles. The van der Waals surface area contributed by atoms with Gasteiger partial charge in [0.25, 0.3) is 11.8 Å². The largest absolute Gasteiger partial charge is 1.00 e. The minimum Gasteiger partial charge on any atom is -1.00 e. The van der Waals surface area contributed by atoms with Gasteiger partial charge in [-0.05, 0) is 41.7 Å². The molecule has 4 bridgehead atoms. The van der Waals surface area contributed by atoms with E-state index in [0.717, 1.165) is 38.6 Å². The second-order valence-electron chi connectivity index (χ2n) is 19.2. The Balaban J connectivity index is 0.000000180. The average Bonchev–Trinajstić information content (AvgIpc) is 3.89. The van der Waals surface area contributed by atoms with Crippen LogP contribution in [0.1, 0.15) is 84.8 Å². The van der Waals surface area contributed by atoms with Gasteiger partial charge in [0.1, 0.15) is 56.7 Å². The van der Waals surface area contributed by atoms with Crippen molar-refractivity contribution in [3.63, 3.8) is 0 Å². The third-order valence-corrected chi connectivity index (χ3v) is 16.8. The maximum atomic E-state index is 15.6. The van der Waals surface area contributed by atoms with Crippen LogP contribution in [0.25, 0.3) is 0 Å². The number of thioether (sulfide) groups is 2. The monoisotopic (exact) mass is 1150 g/mol. The molecule has 6 aliphatic heterocycles. The van der Waals surface area contributed by atoms with Gasteiger partial charge in [-0.15, -0.1) is 23.5 Å². The van der Waals surface area contributed by atoms with Gasteiger partial charge in [-0.1, -0.05) is 91.0 Å². The van der Waals surface area contributed by atoms with Gasteiger partial charge in [-0.25, -0.2) is 17.6 Å². The molecule has 0 aliphatic carbocycles. The van der Waals surface area contributed by atoms with Gasteiger partial charge in [-0.3, -0.25) is 38.5 Å². The number of pyridine rings is 2. The van der Waals surface area contributed by atoms with Gasteiger partial charge in [0, 0.05) is 93.3 Å². The summed E-state index contributed by atoms with van der Waals surface area (Å²) in [7, 11) is 0. The van der Waals surface area contributed by atoms with Crippen molar-refractivity contribution in [1.29, 1.82) is 0 Å². The first-order valence-electron chi connectivity index (χ1n) is 25.5. The van der Waals surface area contributed by atoms with Crippen molar-refractivity contribution in [2.45, 2.75) is 52.8 Å². The summed E-state index contributed by atoms with van der Waals surface area (Å²) in [6.07, 6.45) is 11.3. The first-order chi connectivity index (χ1) is 38.5. The standard InChI is InChI=1S/C33H27F2N3O4S.C26H21F2N3O4S.ClH.Li/c34-24-17-26-28-23(29(24)35)19-43-27-12-6-5-11-22(27)30(28)38-20-36(14-7-2-8-16-41-26)33(40)31-32(25(39)13-15-37(31)38)42-18-21-9-3-1-4-10-21;27-17-12-19-21-16(22(17)28)13-36-20-7-3-2-6-15(20)23(21)31-14-29(9-4-1-5-11-35-19)26(34)24-25(33)18(32)8-10-30(24)31;;/h1-6,8-13,15,17,30H,7,14,16,18-20H2;1-3,5-8,10,12,23,33H,4,9,11,13-14H2;1H;/q;;;+1/p-1/b8-2-;5-1-;;/t30-;23-;;/m00../s1. The van der Waals surface area contributed by atoms with Crippen LogP contribution in [0.4, 0.5) is 17.6 Å². The van der Waals surface area contributed by atoms with Crippen LogP contribution >= 0.6 is 23.5 Å². The quantitative estimate of drug-likeness (QED) is 0.157. The second-order valence-corrected chi connectivity index (χ2v) is 21.3. The van der Waals surface area contributed by atoms with E-state index in [0.29, 0.717) is 37.1 Å². The Bertz CT molecular complexity index is 3800. The van der Waals surface area contributed by atoms with E-state index in [1.807, 2.05) is 102 Å². The third-order valence-electron chi connectivity index (χ3n) is 14.6. The number of nitrogens with zero attached hydrogens (tertiary/aromatic N) is 6. The number of rotatable bonds is 3. The van der Waals surface area contributed by atoms with Crippen molar-refractivity contribution >= 4 is 35.3 Å². The molecule has 0 saturated heterocycles. The number of aromatic nitrogens is 2. The summed E-state index contributed by atoms with van der Waals surface area (Å²) in [6.45, 7) is 1.32. The molecule has 0 fully saturated rings. The van der Waals surface area contributed by atoms with Crippen molar-refractivity contribution in [3.05, 3.63) is 234 Å². The minimum atomic E-state index is -0.998. The van der Waals surface area contributed by atoms with E-state index >= 15 is 8.78 Å². The Morgan fingerprint density at radius 1 is 0.593 bits per heavy atom. The summed E-state index contributed by atoms with van der Waals surface area (Å²) in [5.41, 5.74) is 2.61. The molecule has 0 unspecified atom stereocenters. The molecule has 5 aromatic carbocycles. The van der Waals surface area contributed by atoms with Gasteiger partial charge >= 0.3 is 18.9 Å². The fraction of sp³-hybridized carbons (Fsp3) is 0.220. The summed E-state index contributed by atoms with van der Waals surface area (Å²) in [5, 5.41) is 14.3. The SMILES string of the molecule is O=C1c2c(O)c(=O)ccn2N2CN1CC/C=C\COc1cc(F)c(F)c3c1[C@@H]2c1ccccc1SC3.O=C1c2c(OCc3ccccc3)c(=O)ccn2N2CN1CC/C=C\COc1cc(F)c(F)c3c1[C@@H]2c1ccccc1SC3.[Cl-].[Li+]. The van der Waals surface area contributed by atoms with Crippen LogP contribution in [-0.2, 0) is 18.1 Å². The fourth-order valence-corrected chi connectivity index (χ4v) is 13.1. The smallest absolute Gasteiger partial charge is 1.00 e. The van der Waals surface area contributed by atoms with Crippen LogP contribution in [0.5, 0.6) is 23.0 Å². The number of carbonyl (C=O) groups is 2. The summed E-state index contributed by atoms with van der Waals surface area (Å²) in [6, 6.07) is 28.0. The molecular weight excluding hydrogens is 1100 g/mol. The molecule has 81 heavy (non-hydrogen) atoms. The number of hydrogen-bond acceptors (Lipinski definition) is 12. The second kappa shape index (κ2) is 23.9. The zero-order chi connectivity index (χ0) is 54.5. The maximum Gasteiger partial charge on any atom is 1.00 e. The van der Waals surface area contributed by atoms with E-state index in [4.69, 9.17) is 14.2 Å². The van der Waals surface area contributed by atoms with Crippen molar-refractivity contribution in [2.75, 3.05) is 49.7 Å². The number of amides is 2. The zero-order valence-electron chi connectivity index (χ0n) is 43.4. The van der Waals surface area contributed by atoms with E-state index in [1.54, 1.807) is 31.8 Å². The summed E-state index contributed by atoms with van der Waals surface area (Å²) >= 11 is 2.81. The molecule has 2 amide bonds. The Morgan fingerprint density at radius 3 is 1.59 bits per heavy atom. The predicted octanol–water partition coefficient (Wildman–Crippen LogP) is 3.72. The van der Waals surface area contributed by atoms with E-state index in [2.05, 4.69) is 0 Å². The maximum absolute atomic E-state index is 15.6. The Hall–Kier alpha value is -7.47. The van der Waals surface area contributed by atoms with Gasteiger partial charge < -0.3 is 41.5 Å². The topological polar surface area (TPSA) is 139 Å². The molecule has 2 atom stereocenters. The number of aromatic hydroxyl groups is 1. The molecule has 2 aromatic heterocycles. The van der Waals surface area contributed by atoms with Crippen LogP contribution in [-0.4, -0.2) is 75.7 Å². The number of halogens is 5. The third kappa shape index (κ3) is 10.5. The number of ether oxygens (including phenoxy) is 3. The molecule has 0 saturated carbocycles. The number of fused-ring (bicyclic) bond motifs is 14. The van der Waals surface area contributed by atoms with E-state index in [1.165, 1.54) is 46.5 Å². The molecule has 22 heteroatoms. The van der Waals surface area contributed by atoms with E-state index in [9.17, 15) is 33.1 Å². The summed E-state index contributed by atoms with van der Waals surface area (Å²) in [5.74, 6) is -4.59. The van der Waals surface area contributed by atoms with Crippen molar-refractivity contribution in [1.82, 2.24) is 19.2 Å². The average molecular weight is 1150 g/mol. The van der Waals surface area contributed by atoms with Crippen LogP contribution in [0.15, 0.2) is 159 Å². The fourth-order valence-electron chi connectivity index (χ4n) is 10.9. The molecule has 0 spiro atoms. The molecule has 14 nitrogen and oxygen atoms in total. The Kier molecular flexibility index (Phi) is 16.8. The molecule has 1 N–H and O–H groups in total. The summed E-state index contributed by atoms with van der Waals surface area (Å²) in [4.78, 5) is 58.0. The van der Waals surface area contributed by atoms with Crippen molar-refractivity contribution in [2.24, 2.45) is 0 Å². The zero-order valence-corrected chi connectivity index (χ0v) is 45.8. The first kappa shape index (κ1) is 56.8. The Morgan fingerprint density at radius 2 is 1.06 bits per heavy atom. The van der Waals surface area contributed by atoms with Crippen LogP contribution < -0.4 is 66.4 Å². The first-order valence-corrected chi connectivity index (χ1v) is 27.4. The van der Waals surface area contributed by atoms with E-state index < -0.39 is 57.9 Å². The van der Waals surface area contributed by atoms with Crippen LogP contribution in [0, 0.1) is 23.3 Å². The van der Waals surface area contributed by atoms with Gasteiger partial charge in [-0.2, -0.15) is 0 Å². The normalized spacial score (nSPS) is 18.4. The van der Waals surface area contributed by atoms with Gasteiger partial charge in [0.15, 0.2) is 46.2 Å². The molecule has 6 aliphatic rings. The van der Waals surface area contributed by atoms with Gasteiger partial charge in [0.05, 0.1) is 0 Å². The minimum absolute atomic E-state index is 0.